The van der Waals surface area contributed by atoms with E-state index < -0.39 is 5.97 Å². The Labute approximate surface area is 258 Å². The molecule has 1 aliphatic carbocycles. The number of carboxylic acid groups (broad SMARTS) is 1. The highest BCUT2D eigenvalue weighted by Crippen LogP contribution is 2.31. The molecule has 4 aromatic carbocycles. The second kappa shape index (κ2) is 13.0. The molecule has 7 nitrogen and oxygen atoms in total. The molecule has 1 aliphatic heterocycles. The van der Waals surface area contributed by atoms with Crippen molar-refractivity contribution >= 4 is 51.6 Å². The minimum Gasteiger partial charge on any atom is -0.507 e. The van der Waals surface area contributed by atoms with Crippen LogP contribution in [-0.4, -0.2) is 31.8 Å². The molecule has 216 valence electrons. The number of halogens is 2. The number of anilines is 2. The quantitative estimate of drug-likeness (QED) is 0.170. The minimum atomic E-state index is -1.11. The van der Waals surface area contributed by atoms with E-state index in [0.717, 1.165) is 44.8 Å². The number of rotatable bonds is 5. The number of carboxylic acids is 1. The smallest absolute Gasteiger partial charge is 0.339 e. The highest BCUT2D eigenvalue weighted by molar-refractivity contribution is 6.30. The highest BCUT2D eigenvalue weighted by atomic mass is 35.5. The zero-order valence-corrected chi connectivity index (χ0v) is 24.9. The summed E-state index contributed by atoms with van der Waals surface area (Å²) in [7, 11) is 0. The maximum atomic E-state index is 10.3. The number of nitrogens with one attached hydrogen (secondary N) is 1. The molecule has 0 aromatic heterocycles. The summed E-state index contributed by atoms with van der Waals surface area (Å²) in [6, 6.07) is 33.7. The first-order chi connectivity index (χ1) is 20.7. The zero-order chi connectivity index (χ0) is 30.5. The van der Waals surface area contributed by atoms with Gasteiger partial charge in [-0.05, 0) is 98.8 Å². The van der Waals surface area contributed by atoms with Crippen molar-refractivity contribution < 1.29 is 15.0 Å². The summed E-state index contributed by atoms with van der Waals surface area (Å²) < 4.78 is 2.21. The van der Waals surface area contributed by atoms with E-state index in [4.69, 9.17) is 43.4 Å². The summed E-state index contributed by atoms with van der Waals surface area (Å²) in [5.74, 6) is -1.31. The lowest BCUT2D eigenvalue weighted by molar-refractivity contribution is 0.0693. The molecule has 0 fully saturated rings. The molecule has 9 heteroatoms. The van der Waals surface area contributed by atoms with E-state index in [1.165, 1.54) is 12.1 Å². The molecule has 0 bridgehead atoms. The van der Waals surface area contributed by atoms with Crippen LogP contribution >= 0.6 is 23.2 Å². The fourth-order valence-corrected chi connectivity index (χ4v) is 4.79. The van der Waals surface area contributed by atoms with E-state index in [1.807, 2.05) is 66.7 Å². The van der Waals surface area contributed by atoms with Crippen LogP contribution in [0.25, 0.3) is 28.1 Å². The monoisotopic (exact) mass is 610 g/mol. The number of aromatic nitrogens is 2. The van der Waals surface area contributed by atoms with Gasteiger partial charge in [-0.2, -0.15) is 0 Å². The fourth-order valence-electron chi connectivity index (χ4n) is 4.54. The predicted octanol–water partition coefficient (Wildman–Crippen LogP) is 8.58. The second-order valence-electron chi connectivity index (χ2n) is 9.95. The number of para-hydroxylation sites is 3. The van der Waals surface area contributed by atoms with Crippen molar-refractivity contribution in [1.29, 1.82) is 0 Å². The maximum Gasteiger partial charge on any atom is 0.339 e. The number of hydrogen-bond acceptors (Lipinski definition) is 5. The maximum absolute atomic E-state index is 10.3. The summed E-state index contributed by atoms with van der Waals surface area (Å²) in [6.07, 6.45) is 0. The van der Waals surface area contributed by atoms with Crippen LogP contribution in [0.5, 0.6) is 5.75 Å². The molecular formula is C34H28Cl2N4O3. The number of carbonyl (C=O) groups is 1. The van der Waals surface area contributed by atoms with Crippen LogP contribution in [0, 0.1) is 0 Å². The summed E-state index contributed by atoms with van der Waals surface area (Å²) >= 11 is 12.2. The Morgan fingerprint density at radius 3 is 2.12 bits per heavy atom. The standard InChI is InChI=1S/C27H22Cl2N4.C7H6O3/c1-17(2)30-24-16-27-25(15-23(24)31-20-11-7-18(28)8-12-20)32-22-5-3-4-6-26(22)33(27)21-13-9-19(29)10-14-21;8-6-4-2-1-3-5(6)7(9)10/h3-17,31H,1-2H3;1-4,8H,(H,9,10). The van der Waals surface area contributed by atoms with E-state index in [2.05, 4.69) is 41.9 Å². The largest absolute Gasteiger partial charge is 0.507 e. The van der Waals surface area contributed by atoms with E-state index in [9.17, 15) is 4.79 Å². The number of fused-ring (bicyclic) bond motifs is 2. The lowest BCUT2D eigenvalue weighted by atomic mass is 10.1. The molecular weight excluding hydrogens is 583 g/mol. The van der Waals surface area contributed by atoms with Gasteiger partial charge >= 0.3 is 5.97 Å². The number of hydrogen-bond donors (Lipinski definition) is 3. The van der Waals surface area contributed by atoms with Gasteiger partial charge in [-0.3, -0.25) is 4.99 Å². The average molecular weight is 612 g/mol. The number of aromatic hydroxyl groups is 1. The Bertz CT molecular complexity index is 1940. The molecule has 2 aliphatic rings. The minimum absolute atomic E-state index is 0.0671. The number of nitrogens with zero attached hydrogens (tertiary/aromatic N) is 3. The lowest BCUT2D eigenvalue weighted by Crippen LogP contribution is -2.16. The first-order valence-corrected chi connectivity index (χ1v) is 14.2. The van der Waals surface area contributed by atoms with Gasteiger partial charge in [-0.1, -0.05) is 47.5 Å². The molecule has 4 aromatic rings. The van der Waals surface area contributed by atoms with E-state index in [-0.39, 0.29) is 17.4 Å². The summed E-state index contributed by atoms with van der Waals surface area (Å²) in [5.41, 5.74) is 6.53. The summed E-state index contributed by atoms with van der Waals surface area (Å²) in [6.45, 7) is 4.14. The summed E-state index contributed by atoms with van der Waals surface area (Å²) in [4.78, 5) is 20.1. The van der Waals surface area contributed by atoms with E-state index in [0.29, 0.717) is 10.0 Å². The van der Waals surface area contributed by atoms with Gasteiger partial charge in [0.05, 0.1) is 33.5 Å². The van der Waals surface area contributed by atoms with Crippen molar-refractivity contribution in [3.8, 4) is 22.8 Å². The van der Waals surface area contributed by atoms with Crippen molar-refractivity contribution in [3.63, 3.8) is 0 Å². The van der Waals surface area contributed by atoms with Gasteiger partial charge in [0.2, 0.25) is 0 Å². The first kappa shape index (κ1) is 29.6. The van der Waals surface area contributed by atoms with Crippen LogP contribution < -0.4 is 10.7 Å². The third kappa shape index (κ3) is 6.97. The molecule has 0 radical (unpaired) electrons. The van der Waals surface area contributed by atoms with Crippen molar-refractivity contribution in [2.75, 3.05) is 5.32 Å². The van der Waals surface area contributed by atoms with Crippen LogP contribution in [0.3, 0.4) is 0 Å². The molecule has 0 amide bonds. The Hall–Kier alpha value is -4.85. The normalized spacial score (nSPS) is 11.4. The van der Waals surface area contributed by atoms with Crippen molar-refractivity contribution in [1.82, 2.24) is 9.55 Å². The van der Waals surface area contributed by atoms with Crippen LogP contribution in [0.4, 0.5) is 11.4 Å². The van der Waals surface area contributed by atoms with Gasteiger partial charge in [-0.15, -0.1) is 0 Å². The van der Waals surface area contributed by atoms with Gasteiger partial charge < -0.3 is 20.1 Å². The van der Waals surface area contributed by atoms with Gasteiger partial charge in [0.1, 0.15) is 11.3 Å². The van der Waals surface area contributed by atoms with Crippen LogP contribution in [0.15, 0.2) is 114 Å². The van der Waals surface area contributed by atoms with Crippen LogP contribution in [0.2, 0.25) is 10.0 Å². The van der Waals surface area contributed by atoms with Gasteiger partial charge in [0.15, 0.2) is 0 Å². The SMILES string of the molecule is CC(C)N=c1cc2n(-c3ccc(Cl)cc3)c3ccccc3nc-2cc1Nc1ccc(Cl)cc1.O=C(O)c1ccccc1O. The predicted molar refractivity (Wildman–Crippen MR) is 173 cm³/mol. The molecule has 0 saturated heterocycles. The van der Waals surface area contributed by atoms with Crippen LogP contribution in [0.1, 0.15) is 24.2 Å². The first-order valence-electron chi connectivity index (χ1n) is 13.5. The van der Waals surface area contributed by atoms with E-state index in [1.54, 1.807) is 12.1 Å². The molecule has 0 spiro atoms. The van der Waals surface area contributed by atoms with Crippen LogP contribution in [-0.2, 0) is 0 Å². The molecule has 0 unspecified atom stereocenters. The lowest BCUT2D eigenvalue weighted by Gasteiger charge is -2.20. The number of aromatic carboxylic acids is 1. The van der Waals surface area contributed by atoms with Gasteiger partial charge in [0.25, 0.3) is 0 Å². The van der Waals surface area contributed by atoms with Crippen molar-refractivity contribution in [3.05, 3.63) is 130 Å². The average Bonchev–Trinajstić information content (AvgIpc) is 2.98. The number of phenols is 1. The molecule has 0 saturated carbocycles. The van der Waals surface area contributed by atoms with Gasteiger partial charge in [-0.25, -0.2) is 9.78 Å². The third-order valence-electron chi connectivity index (χ3n) is 6.44. The fraction of sp³-hybridized carbons (Fsp3) is 0.0882. The molecule has 1 heterocycles. The Balaban J connectivity index is 0.000000314. The molecule has 3 N–H and O–H groups in total. The Morgan fingerprint density at radius 1 is 0.860 bits per heavy atom. The molecule has 0 atom stereocenters. The van der Waals surface area contributed by atoms with E-state index >= 15 is 0 Å². The van der Waals surface area contributed by atoms with Crippen molar-refractivity contribution in [2.24, 2.45) is 4.99 Å². The van der Waals surface area contributed by atoms with Crippen molar-refractivity contribution in [2.45, 2.75) is 19.9 Å². The third-order valence-corrected chi connectivity index (χ3v) is 6.94. The summed E-state index contributed by atoms with van der Waals surface area (Å²) in [5, 5.41) is 23.1. The Morgan fingerprint density at radius 2 is 1.49 bits per heavy atom. The van der Waals surface area contributed by atoms with Gasteiger partial charge in [0, 0.05) is 27.5 Å². The Kier molecular flexibility index (Phi) is 8.95. The highest BCUT2D eigenvalue weighted by Gasteiger charge is 2.17. The topological polar surface area (TPSA) is 99.7 Å². The molecule has 6 rings (SSSR count). The zero-order valence-electron chi connectivity index (χ0n) is 23.4. The number of benzene rings is 5. The molecule has 43 heavy (non-hydrogen) atoms. The second-order valence-corrected chi connectivity index (χ2v) is 10.8.